The molecular formula is C18H15ClFN3O2. The summed E-state index contributed by atoms with van der Waals surface area (Å²) in [5.74, 6) is -1.56. The molecule has 5 nitrogen and oxygen atoms in total. The van der Waals surface area contributed by atoms with E-state index in [1.807, 2.05) is 0 Å². The summed E-state index contributed by atoms with van der Waals surface area (Å²) in [6.45, 7) is 0.220. The van der Waals surface area contributed by atoms with Crippen molar-refractivity contribution in [3.8, 4) is 17.0 Å². The number of benzene rings is 2. The second-order valence-corrected chi connectivity index (χ2v) is 6.02. The molecule has 0 atom stereocenters. The van der Waals surface area contributed by atoms with Gasteiger partial charge in [0.05, 0.1) is 17.6 Å². The molecule has 0 spiro atoms. The summed E-state index contributed by atoms with van der Waals surface area (Å²) >= 11 is 5.80. The van der Waals surface area contributed by atoms with Crippen LogP contribution in [0.1, 0.15) is 15.9 Å². The molecule has 0 fully saturated rings. The van der Waals surface area contributed by atoms with Crippen LogP contribution >= 0.6 is 11.6 Å². The van der Waals surface area contributed by atoms with Gasteiger partial charge in [-0.1, -0.05) is 23.7 Å². The Labute approximate surface area is 148 Å². The Morgan fingerprint density at radius 1 is 1.32 bits per heavy atom. The van der Waals surface area contributed by atoms with Gasteiger partial charge in [-0.2, -0.15) is 0 Å². The fraction of sp³-hybridized carbons (Fsp3) is 0.111. The van der Waals surface area contributed by atoms with E-state index in [0.717, 1.165) is 17.7 Å². The monoisotopic (exact) mass is 359 g/mol. The molecule has 0 aliphatic rings. The van der Waals surface area contributed by atoms with Crippen molar-refractivity contribution in [2.75, 3.05) is 0 Å². The summed E-state index contributed by atoms with van der Waals surface area (Å²) in [6.07, 6.45) is 3.19. The van der Waals surface area contributed by atoms with E-state index in [9.17, 15) is 14.3 Å². The summed E-state index contributed by atoms with van der Waals surface area (Å²) in [6, 6.07) is 9.15. The zero-order valence-electron chi connectivity index (χ0n) is 13.3. The quantitative estimate of drug-likeness (QED) is 0.749. The van der Waals surface area contributed by atoms with Crippen LogP contribution in [0.4, 0.5) is 4.39 Å². The number of halogens is 2. The second-order valence-electron chi connectivity index (χ2n) is 5.58. The number of aromatic hydroxyl groups is 1. The number of aryl methyl sites for hydroxylation is 1. The third-order valence-electron chi connectivity index (χ3n) is 3.68. The maximum atomic E-state index is 14.3. The first kappa shape index (κ1) is 17.0. The highest BCUT2D eigenvalue weighted by molar-refractivity contribution is 6.30. The molecule has 1 heterocycles. The van der Waals surface area contributed by atoms with Gasteiger partial charge in [0.25, 0.3) is 5.91 Å². The number of nitrogens with one attached hydrogen (secondary N) is 1. The molecule has 0 bridgehead atoms. The standard InChI is InChI=1S/C18H15ClFN3O2/c1-23-9-16(22-10-23)14-6-15(20)13(7-17(14)24)18(25)21-8-11-2-4-12(19)5-3-11/h2-7,9-10,24H,8H2,1H3,(H,21,25). The summed E-state index contributed by atoms with van der Waals surface area (Å²) in [7, 11) is 1.77. The van der Waals surface area contributed by atoms with E-state index in [2.05, 4.69) is 10.3 Å². The van der Waals surface area contributed by atoms with E-state index in [-0.39, 0.29) is 23.4 Å². The number of carbonyl (C=O) groups is 1. The van der Waals surface area contributed by atoms with Crippen molar-refractivity contribution in [1.82, 2.24) is 14.9 Å². The number of aromatic nitrogens is 2. The molecule has 2 aromatic carbocycles. The Balaban J connectivity index is 1.78. The SMILES string of the molecule is Cn1cnc(-c2cc(F)c(C(=O)NCc3ccc(Cl)cc3)cc2O)c1. The number of carbonyl (C=O) groups excluding carboxylic acids is 1. The summed E-state index contributed by atoms with van der Waals surface area (Å²) < 4.78 is 16.0. The zero-order valence-corrected chi connectivity index (χ0v) is 14.1. The molecule has 25 heavy (non-hydrogen) atoms. The fourth-order valence-electron chi connectivity index (χ4n) is 2.37. The van der Waals surface area contributed by atoms with Gasteiger partial charge in [0.15, 0.2) is 0 Å². The highest BCUT2D eigenvalue weighted by atomic mass is 35.5. The van der Waals surface area contributed by atoms with E-state index in [1.165, 1.54) is 0 Å². The average molecular weight is 360 g/mol. The predicted molar refractivity (Wildman–Crippen MR) is 92.9 cm³/mol. The van der Waals surface area contributed by atoms with Crippen LogP contribution in [0.15, 0.2) is 48.9 Å². The van der Waals surface area contributed by atoms with Gasteiger partial charge in [-0.25, -0.2) is 9.37 Å². The lowest BCUT2D eigenvalue weighted by Crippen LogP contribution is -2.23. The van der Waals surface area contributed by atoms with E-state index in [0.29, 0.717) is 10.7 Å². The Hall–Kier alpha value is -2.86. The number of rotatable bonds is 4. The molecule has 0 aliphatic heterocycles. The van der Waals surface area contributed by atoms with Crippen LogP contribution in [-0.4, -0.2) is 20.6 Å². The van der Waals surface area contributed by atoms with Crippen LogP contribution in [0.2, 0.25) is 5.02 Å². The van der Waals surface area contributed by atoms with Crippen molar-refractivity contribution in [3.63, 3.8) is 0 Å². The van der Waals surface area contributed by atoms with Crippen LogP contribution in [-0.2, 0) is 13.6 Å². The molecule has 1 amide bonds. The lowest BCUT2D eigenvalue weighted by Gasteiger charge is -2.09. The Morgan fingerprint density at radius 3 is 2.68 bits per heavy atom. The van der Waals surface area contributed by atoms with Gasteiger partial charge >= 0.3 is 0 Å². The normalized spacial score (nSPS) is 10.7. The molecule has 128 valence electrons. The number of hydrogen-bond donors (Lipinski definition) is 2. The maximum Gasteiger partial charge on any atom is 0.254 e. The Bertz CT molecular complexity index is 923. The van der Waals surface area contributed by atoms with Crippen molar-refractivity contribution >= 4 is 17.5 Å². The second kappa shape index (κ2) is 6.94. The largest absolute Gasteiger partial charge is 0.507 e. The lowest BCUT2D eigenvalue weighted by molar-refractivity contribution is 0.0946. The minimum atomic E-state index is -0.730. The molecular weight excluding hydrogens is 345 g/mol. The third kappa shape index (κ3) is 3.80. The van der Waals surface area contributed by atoms with Crippen LogP contribution in [0.25, 0.3) is 11.3 Å². The molecule has 0 unspecified atom stereocenters. The predicted octanol–water partition coefficient (Wildman–Crippen LogP) is 3.52. The van der Waals surface area contributed by atoms with Gasteiger partial charge in [0, 0.05) is 30.4 Å². The van der Waals surface area contributed by atoms with Crippen molar-refractivity contribution in [2.24, 2.45) is 7.05 Å². The van der Waals surface area contributed by atoms with Gasteiger partial charge < -0.3 is 15.0 Å². The van der Waals surface area contributed by atoms with Crippen LogP contribution in [0.5, 0.6) is 5.75 Å². The number of nitrogens with zero attached hydrogens (tertiary/aromatic N) is 2. The summed E-state index contributed by atoms with van der Waals surface area (Å²) in [5, 5.41) is 13.3. The first-order chi connectivity index (χ1) is 11.9. The van der Waals surface area contributed by atoms with E-state index < -0.39 is 11.7 Å². The average Bonchev–Trinajstić information content (AvgIpc) is 3.02. The van der Waals surface area contributed by atoms with Crippen LogP contribution in [0.3, 0.4) is 0 Å². The highest BCUT2D eigenvalue weighted by Crippen LogP contribution is 2.30. The first-order valence-corrected chi connectivity index (χ1v) is 7.85. The molecule has 0 saturated heterocycles. The molecule has 3 rings (SSSR count). The first-order valence-electron chi connectivity index (χ1n) is 7.47. The van der Waals surface area contributed by atoms with E-state index >= 15 is 0 Å². The maximum absolute atomic E-state index is 14.3. The third-order valence-corrected chi connectivity index (χ3v) is 3.93. The van der Waals surface area contributed by atoms with Crippen molar-refractivity contribution in [3.05, 3.63) is 70.9 Å². The molecule has 0 aliphatic carbocycles. The van der Waals surface area contributed by atoms with Gasteiger partial charge in [0.1, 0.15) is 11.6 Å². The summed E-state index contributed by atoms with van der Waals surface area (Å²) in [4.78, 5) is 16.3. The Morgan fingerprint density at radius 2 is 2.04 bits per heavy atom. The number of phenolic OH excluding ortho intramolecular Hbond substituents is 1. The topological polar surface area (TPSA) is 67.2 Å². The van der Waals surface area contributed by atoms with Crippen molar-refractivity contribution < 1.29 is 14.3 Å². The number of amides is 1. The van der Waals surface area contributed by atoms with Crippen molar-refractivity contribution in [1.29, 1.82) is 0 Å². The van der Waals surface area contributed by atoms with Gasteiger partial charge in [-0.3, -0.25) is 4.79 Å². The van der Waals surface area contributed by atoms with Crippen molar-refractivity contribution in [2.45, 2.75) is 6.54 Å². The molecule has 1 aromatic heterocycles. The molecule has 0 radical (unpaired) electrons. The fourth-order valence-corrected chi connectivity index (χ4v) is 2.50. The minimum Gasteiger partial charge on any atom is -0.507 e. The molecule has 0 saturated carbocycles. The highest BCUT2D eigenvalue weighted by Gasteiger charge is 2.17. The van der Waals surface area contributed by atoms with E-state index in [4.69, 9.17) is 11.6 Å². The zero-order chi connectivity index (χ0) is 18.0. The number of imidazole rings is 1. The van der Waals surface area contributed by atoms with Crippen LogP contribution < -0.4 is 5.32 Å². The number of phenols is 1. The summed E-state index contributed by atoms with van der Waals surface area (Å²) in [5.41, 5.74) is 1.25. The molecule has 7 heteroatoms. The van der Waals surface area contributed by atoms with Crippen LogP contribution in [0, 0.1) is 5.82 Å². The minimum absolute atomic E-state index is 0.211. The van der Waals surface area contributed by atoms with E-state index in [1.54, 1.807) is 48.4 Å². The van der Waals surface area contributed by atoms with Gasteiger partial charge in [-0.05, 0) is 29.8 Å². The molecule has 2 N–H and O–H groups in total. The van der Waals surface area contributed by atoms with Gasteiger partial charge in [0.2, 0.25) is 0 Å². The lowest BCUT2D eigenvalue weighted by atomic mass is 10.1. The van der Waals surface area contributed by atoms with Gasteiger partial charge in [-0.15, -0.1) is 0 Å². The number of hydrogen-bond acceptors (Lipinski definition) is 3. The smallest absolute Gasteiger partial charge is 0.254 e. The molecule has 3 aromatic rings. The Kier molecular flexibility index (Phi) is 4.72.